The van der Waals surface area contributed by atoms with Gasteiger partial charge in [-0.05, 0) is 48.5 Å². The second-order valence-corrected chi connectivity index (χ2v) is 6.65. The van der Waals surface area contributed by atoms with Gasteiger partial charge in [0.15, 0.2) is 0 Å². The summed E-state index contributed by atoms with van der Waals surface area (Å²) in [5.41, 5.74) is -0.257. The molecule has 8 nitrogen and oxygen atoms in total. The fraction of sp³-hybridized carbons (Fsp3) is 0.0526. The number of carbonyl (C=O) groups is 1. The lowest BCUT2D eigenvalue weighted by atomic mass is 10.3. The van der Waals surface area contributed by atoms with E-state index >= 15 is 0 Å². The average molecular weight is 444 g/mol. The number of halogens is 1. The highest BCUT2D eigenvalue weighted by atomic mass is 79.9. The molecule has 3 rings (SSSR count). The molecule has 142 valence electrons. The third-order valence-electron chi connectivity index (χ3n) is 3.68. The van der Waals surface area contributed by atoms with E-state index in [1.165, 1.54) is 0 Å². The van der Waals surface area contributed by atoms with Crippen molar-refractivity contribution in [2.75, 3.05) is 5.32 Å². The predicted octanol–water partition coefficient (Wildman–Crippen LogP) is 3.95. The van der Waals surface area contributed by atoms with Crippen molar-refractivity contribution in [2.45, 2.75) is 6.54 Å². The number of nitrogens with zero attached hydrogens (tertiary/aromatic N) is 2. The monoisotopic (exact) mass is 443 g/mol. The summed E-state index contributed by atoms with van der Waals surface area (Å²) in [6.07, 6.45) is 1.04. The first-order valence-corrected chi connectivity index (χ1v) is 8.88. The quantitative estimate of drug-likeness (QED) is 0.458. The van der Waals surface area contributed by atoms with Gasteiger partial charge in [-0.2, -0.15) is 0 Å². The molecule has 0 radical (unpaired) electrons. The summed E-state index contributed by atoms with van der Waals surface area (Å²) < 4.78 is 7.63. The molecule has 0 aliphatic rings. The standard InChI is InChI=1S/C19H14BrN3O5/c20-13-1-6-16(7-2-13)28-17-8-3-14(4-9-17)21-18(24)12-22-11-15(23(26)27)5-10-19(22)25/h1-11H,12H2,(H,21,24). The van der Waals surface area contributed by atoms with E-state index in [1.54, 1.807) is 24.3 Å². The molecule has 2 aromatic carbocycles. The van der Waals surface area contributed by atoms with Crippen LogP contribution in [0.25, 0.3) is 0 Å². The van der Waals surface area contributed by atoms with Crippen LogP contribution in [-0.4, -0.2) is 15.4 Å². The molecular formula is C19H14BrN3O5. The summed E-state index contributed by atoms with van der Waals surface area (Å²) in [4.78, 5) is 34.1. The topological polar surface area (TPSA) is 103 Å². The Morgan fingerprint density at radius 2 is 1.64 bits per heavy atom. The van der Waals surface area contributed by atoms with E-state index in [4.69, 9.17) is 4.74 Å². The Labute approximate surface area is 167 Å². The van der Waals surface area contributed by atoms with Gasteiger partial charge in [-0.3, -0.25) is 24.3 Å². The molecule has 1 amide bonds. The number of anilines is 1. The first-order chi connectivity index (χ1) is 13.4. The van der Waals surface area contributed by atoms with Crippen LogP contribution in [0.15, 0.2) is 76.1 Å². The van der Waals surface area contributed by atoms with E-state index in [2.05, 4.69) is 21.2 Å². The van der Waals surface area contributed by atoms with Crippen molar-refractivity contribution in [2.24, 2.45) is 0 Å². The Morgan fingerprint density at radius 3 is 2.25 bits per heavy atom. The Morgan fingerprint density at radius 1 is 1.04 bits per heavy atom. The minimum absolute atomic E-state index is 0.262. The summed E-state index contributed by atoms with van der Waals surface area (Å²) in [5.74, 6) is 0.782. The van der Waals surface area contributed by atoms with E-state index in [1.807, 2.05) is 24.3 Å². The third kappa shape index (κ3) is 5.04. The molecule has 0 fully saturated rings. The van der Waals surface area contributed by atoms with Gasteiger partial charge in [0, 0.05) is 22.3 Å². The number of nitro groups is 1. The molecule has 0 unspecified atom stereocenters. The van der Waals surface area contributed by atoms with Crippen molar-refractivity contribution in [1.29, 1.82) is 0 Å². The fourth-order valence-electron chi connectivity index (χ4n) is 2.35. The Balaban J connectivity index is 1.63. The van der Waals surface area contributed by atoms with Crippen LogP contribution < -0.4 is 15.6 Å². The van der Waals surface area contributed by atoms with Crippen LogP contribution in [0, 0.1) is 10.1 Å². The van der Waals surface area contributed by atoms with Gasteiger partial charge < -0.3 is 10.1 Å². The molecule has 1 N–H and O–H groups in total. The van der Waals surface area contributed by atoms with Crippen molar-refractivity contribution in [3.8, 4) is 11.5 Å². The normalized spacial score (nSPS) is 10.3. The fourth-order valence-corrected chi connectivity index (χ4v) is 2.61. The zero-order valence-corrected chi connectivity index (χ0v) is 16.0. The van der Waals surface area contributed by atoms with Crippen molar-refractivity contribution in [3.05, 3.63) is 91.8 Å². The first kappa shape index (κ1) is 19.3. The second kappa shape index (κ2) is 8.49. The molecule has 0 aliphatic heterocycles. The molecular weight excluding hydrogens is 430 g/mol. The van der Waals surface area contributed by atoms with Crippen molar-refractivity contribution in [1.82, 2.24) is 4.57 Å². The van der Waals surface area contributed by atoms with Crippen LogP contribution >= 0.6 is 15.9 Å². The summed E-state index contributed by atoms with van der Waals surface area (Å²) >= 11 is 3.35. The highest BCUT2D eigenvalue weighted by Gasteiger charge is 2.11. The number of carbonyl (C=O) groups excluding carboxylic acids is 1. The molecule has 28 heavy (non-hydrogen) atoms. The third-order valence-corrected chi connectivity index (χ3v) is 4.21. The molecule has 0 bridgehead atoms. The number of hydrogen-bond donors (Lipinski definition) is 1. The van der Waals surface area contributed by atoms with Gasteiger partial charge in [0.25, 0.3) is 11.2 Å². The number of aromatic nitrogens is 1. The number of nitrogens with one attached hydrogen (secondary N) is 1. The molecule has 0 spiro atoms. The minimum Gasteiger partial charge on any atom is -0.457 e. The lowest BCUT2D eigenvalue weighted by Crippen LogP contribution is -2.26. The van der Waals surface area contributed by atoms with E-state index in [0.29, 0.717) is 17.2 Å². The smallest absolute Gasteiger partial charge is 0.285 e. The van der Waals surface area contributed by atoms with Crippen molar-refractivity contribution < 1.29 is 14.5 Å². The van der Waals surface area contributed by atoms with Crippen LogP contribution in [0.5, 0.6) is 11.5 Å². The predicted molar refractivity (Wildman–Crippen MR) is 107 cm³/mol. The number of rotatable bonds is 6. The Kier molecular flexibility index (Phi) is 5.85. The van der Waals surface area contributed by atoms with Crippen LogP contribution in [0.4, 0.5) is 11.4 Å². The molecule has 9 heteroatoms. The number of hydrogen-bond acceptors (Lipinski definition) is 5. The molecule has 0 aliphatic carbocycles. The highest BCUT2D eigenvalue weighted by Crippen LogP contribution is 2.24. The van der Waals surface area contributed by atoms with Crippen LogP contribution in [-0.2, 0) is 11.3 Å². The van der Waals surface area contributed by atoms with Crippen LogP contribution in [0.1, 0.15) is 0 Å². The van der Waals surface area contributed by atoms with Crippen LogP contribution in [0.3, 0.4) is 0 Å². The van der Waals surface area contributed by atoms with Crippen LogP contribution in [0.2, 0.25) is 0 Å². The molecule has 3 aromatic rings. The first-order valence-electron chi connectivity index (χ1n) is 8.09. The largest absolute Gasteiger partial charge is 0.457 e. The summed E-state index contributed by atoms with van der Waals surface area (Å²) in [7, 11) is 0. The number of benzene rings is 2. The molecule has 1 heterocycles. The van der Waals surface area contributed by atoms with Gasteiger partial charge in [-0.25, -0.2) is 0 Å². The molecule has 0 atom stereocenters. The average Bonchev–Trinajstić information content (AvgIpc) is 2.67. The van der Waals surface area contributed by atoms with Crippen molar-refractivity contribution in [3.63, 3.8) is 0 Å². The SMILES string of the molecule is O=C(Cn1cc([N+](=O)[O-])ccc1=O)Nc1ccc(Oc2ccc(Br)cc2)cc1. The molecule has 1 aromatic heterocycles. The maximum absolute atomic E-state index is 12.1. The van der Waals surface area contributed by atoms with Gasteiger partial charge >= 0.3 is 0 Å². The highest BCUT2D eigenvalue weighted by molar-refractivity contribution is 9.10. The van der Waals surface area contributed by atoms with Gasteiger partial charge in [-0.15, -0.1) is 0 Å². The van der Waals surface area contributed by atoms with Gasteiger partial charge in [-0.1, -0.05) is 15.9 Å². The zero-order valence-electron chi connectivity index (χ0n) is 14.4. The number of pyridine rings is 1. The maximum Gasteiger partial charge on any atom is 0.285 e. The van der Waals surface area contributed by atoms with Crippen molar-refractivity contribution >= 4 is 33.2 Å². The van der Waals surface area contributed by atoms with E-state index < -0.39 is 16.4 Å². The summed E-state index contributed by atoms with van der Waals surface area (Å²) in [6.45, 7) is -0.336. The zero-order chi connectivity index (χ0) is 20.1. The summed E-state index contributed by atoms with van der Waals surface area (Å²) in [5, 5.41) is 13.4. The van der Waals surface area contributed by atoms with E-state index in [9.17, 15) is 19.7 Å². The van der Waals surface area contributed by atoms with E-state index in [0.717, 1.165) is 27.4 Å². The van der Waals surface area contributed by atoms with Gasteiger partial charge in [0.1, 0.15) is 18.0 Å². The lowest BCUT2D eigenvalue weighted by molar-refractivity contribution is -0.385. The van der Waals surface area contributed by atoms with Gasteiger partial charge in [0.2, 0.25) is 5.91 Å². The van der Waals surface area contributed by atoms with E-state index in [-0.39, 0.29) is 12.2 Å². The lowest BCUT2D eigenvalue weighted by Gasteiger charge is -2.09. The summed E-state index contributed by atoms with van der Waals surface area (Å²) in [6, 6.07) is 16.2. The number of amides is 1. The molecule has 0 saturated heterocycles. The minimum atomic E-state index is -0.627. The Bertz CT molecular complexity index is 1060. The van der Waals surface area contributed by atoms with Gasteiger partial charge in [0.05, 0.1) is 11.1 Å². The number of ether oxygens (including phenoxy) is 1. The maximum atomic E-state index is 12.1. The Hall–Kier alpha value is -3.46. The second-order valence-electron chi connectivity index (χ2n) is 5.74. The molecule has 0 saturated carbocycles.